The molecule has 0 heterocycles. The SMILES string of the molecule is CC1(C)c2ccccc2-c2ccc(-c3ccc(Cl)c4ccccc34)cc21. The van der Waals surface area contributed by atoms with Crippen LogP contribution >= 0.6 is 11.6 Å². The molecule has 4 aromatic rings. The van der Waals surface area contributed by atoms with E-state index in [1.165, 1.54) is 38.8 Å². The monoisotopic (exact) mass is 354 g/mol. The van der Waals surface area contributed by atoms with Gasteiger partial charge in [-0.2, -0.15) is 0 Å². The fourth-order valence-corrected chi connectivity index (χ4v) is 4.61. The Morgan fingerprint density at radius 3 is 2.12 bits per heavy atom. The van der Waals surface area contributed by atoms with Crippen LogP contribution in [-0.4, -0.2) is 0 Å². The lowest BCUT2D eigenvalue weighted by molar-refractivity contribution is 0.660. The quantitative estimate of drug-likeness (QED) is 0.332. The summed E-state index contributed by atoms with van der Waals surface area (Å²) in [6.45, 7) is 4.64. The third-order valence-electron chi connectivity index (χ3n) is 5.77. The van der Waals surface area contributed by atoms with Crippen LogP contribution in [0.1, 0.15) is 25.0 Å². The van der Waals surface area contributed by atoms with Crippen LogP contribution in [0.15, 0.2) is 78.9 Å². The van der Waals surface area contributed by atoms with Crippen LogP contribution in [0.2, 0.25) is 5.02 Å². The Kier molecular flexibility index (Phi) is 3.29. The van der Waals surface area contributed by atoms with E-state index in [4.69, 9.17) is 11.6 Å². The van der Waals surface area contributed by atoms with Gasteiger partial charge in [0, 0.05) is 15.8 Å². The Labute approximate surface area is 159 Å². The second-order valence-corrected chi connectivity index (χ2v) is 7.98. The van der Waals surface area contributed by atoms with Gasteiger partial charge >= 0.3 is 0 Å². The Hall–Kier alpha value is -2.57. The second kappa shape index (κ2) is 5.46. The molecule has 0 fully saturated rings. The van der Waals surface area contributed by atoms with Gasteiger partial charge in [0.1, 0.15) is 0 Å². The molecule has 0 aromatic heterocycles. The van der Waals surface area contributed by atoms with E-state index in [-0.39, 0.29) is 5.41 Å². The van der Waals surface area contributed by atoms with Crippen molar-refractivity contribution in [2.45, 2.75) is 19.3 Å². The number of hydrogen-bond acceptors (Lipinski definition) is 0. The minimum Gasteiger partial charge on any atom is -0.0837 e. The van der Waals surface area contributed by atoms with Gasteiger partial charge in [0.2, 0.25) is 0 Å². The molecule has 26 heavy (non-hydrogen) atoms. The van der Waals surface area contributed by atoms with Crippen molar-refractivity contribution in [3.63, 3.8) is 0 Å². The molecule has 4 aromatic carbocycles. The zero-order valence-corrected chi connectivity index (χ0v) is 15.6. The molecule has 0 unspecified atom stereocenters. The van der Waals surface area contributed by atoms with E-state index >= 15 is 0 Å². The van der Waals surface area contributed by atoms with Crippen LogP contribution < -0.4 is 0 Å². The lowest BCUT2D eigenvalue weighted by Gasteiger charge is -2.22. The van der Waals surface area contributed by atoms with Crippen molar-refractivity contribution in [2.75, 3.05) is 0 Å². The Morgan fingerprint density at radius 2 is 1.27 bits per heavy atom. The molecular formula is C25H19Cl. The molecule has 0 bridgehead atoms. The number of benzene rings is 4. The Bertz CT molecular complexity index is 1170. The molecule has 126 valence electrons. The van der Waals surface area contributed by atoms with Gasteiger partial charge in [0.05, 0.1) is 0 Å². The van der Waals surface area contributed by atoms with Crippen molar-refractivity contribution in [3.05, 3.63) is 95.0 Å². The van der Waals surface area contributed by atoms with E-state index in [1.807, 2.05) is 12.1 Å². The summed E-state index contributed by atoms with van der Waals surface area (Å²) in [5.41, 5.74) is 8.03. The van der Waals surface area contributed by atoms with Crippen molar-refractivity contribution in [1.82, 2.24) is 0 Å². The van der Waals surface area contributed by atoms with Crippen LogP contribution in [0.25, 0.3) is 33.0 Å². The van der Waals surface area contributed by atoms with E-state index < -0.39 is 0 Å². The zero-order valence-electron chi connectivity index (χ0n) is 14.9. The largest absolute Gasteiger partial charge is 0.0837 e. The second-order valence-electron chi connectivity index (χ2n) is 7.57. The molecule has 0 aliphatic heterocycles. The van der Waals surface area contributed by atoms with Gasteiger partial charge < -0.3 is 0 Å². The maximum Gasteiger partial charge on any atom is 0.0484 e. The highest BCUT2D eigenvalue weighted by Crippen LogP contribution is 2.49. The molecular weight excluding hydrogens is 336 g/mol. The molecule has 0 amide bonds. The normalized spacial score (nSPS) is 14.3. The number of rotatable bonds is 1. The van der Waals surface area contributed by atoms with Gasteiger partial charge in [-0.05, 0) is 50.9 Å². The van der Waals surface area contributed by atoms with Crippen molar-refractivity contribution in [3.8, 4) is 22.3 Å². The molecule has 0 radical (unpaired) electrons. The Morgan fingerprint density at radius 1 is 0.615 bits per heavy atom. The summed E-state index contributed by atoms with van der Waals surface area (Å²) in [7, 11) is 0. The molecule has 5 rings (SSSR count). The van der Waals surface area contributed by atoms with Crippen LogP contribution in [0, 0.1) is 0 Å². The van der Waals surface area contributed by atoms with Crippen molar-refractivity contribution < 1.29 is 0 Å². The fraction of sp³-hybridized carbons (Fsp3) is 0.120. The summed E-state index contributed by atoms with van der Waals surface area (Å²) in [5, 5.41) is 3.11. The molecule has 0 nitrogen and oxygen atoms in total. The fourth-order valence-electron chi connectivity index (χ4n) is 4.39. The standard InChI is InChI=1S/C25H19Cl/c1-25(2)22-10-6-5-8-19(22)20-12-11-16(15-23(20)25)17-13-14-24(26)21-9-4-3-7-18(17)21/h3-15H,1-2H3. The summed E-state index contributed by atoms with van der Waals surface area (Å²) < 4.78 is 0. The summed E-state index contributed by atoms with van der Waals surface area (Å²) >= 11 is 6.42. The van der Waals surface area contributed by atoms with E-state index in [0.29, 0.717) is 0 Å². The zero-order chi connectivity index (χ0) is 17.9. The first kappa shape index (κ1) is 15.7. The molecule has 1 aliphatic rings. The van der Waals surface area contributed by atoms with Gasteiger partial charge in [0.15, 0.2) is 0 Å². The first-order chi connectivity index (χ1) is 12.6. The molecule has 1 aliphatic carbocycles. The summed E-state index contributed by atoms with van der Waals surface area (Å²) in [6.07, 6.45) is 0. The van der Waals surface area contributed by atoms with Gasteiger partial charge in [-0.25, -0.2) is 0 Å². The minimum absolute atomic E-state index is 0.0180. The van der Waals surface area contributed by atoms with Crippen LogP contribution in [0.5, 0.6) is 0 Å². The third kappa shape index (κ3) is 2.09. The molecule has 0 atom stereocenters. The van der Waals surface area contributed by atoms with E-state index in [2.05, 4.69) is 80.6 Å². The molecule has 0 N–H and O–H groups in total. The van der Waals surface area contributed by atoms with Crippen molar-refractivity contribution in [2.24, 2.45) is 0 Å². The minimum atomic E-state index is 0.0180. The smallest absolute Gasteiger partial charge is 0.0484 e. The van der Waals surface area contributed by atoms with Gasteiger partial charge in [0.25, 0.3) is 0 Å². The lowest BCUT2D eigenvalue weighted by atomic mass is 9.81. The summed E-state index contributed by atoms with van der Waals surface area (Å²) in [6, 6.07) is 28.2. The first-order valence-electron chi connectivity index (χ1n) is 8.99. The highest BCUT2D eigenvalue weighted by Gasteiger charge is 2.35. The maximum atomic E-state index is 6.42. The number of halogens is 1. The summed E-state index contributed by atoms with van der Waals surface area (Å²) in [5.74, 6) is 0. The van der Waals surface area contributed by atoms with E-state index in [0.717, 1.165) is 10.4 Å². The summed E-state index contributed by atoms with van der Waals surface area (Å²) in [4.78, 5) is 0. The third-order valence-corrected chi connectivity index (χ3v) is 6.09. The first-order valence-corrected chi connectivity index (χ1v) is 9.37. The molecule has 1 heteroatoms. The van der Waals surface area contributed by atoms with Crippen molar-refractivity contribution >= 4 is 22.4 Å². The van der Waals surface area contributed by atoms with Crippen LogP contribution in [0.3, 0.4) is 0 Å². The average Bonchev–Trinajstić information content (AvgIpc) is 2.90. The Balaban J connectivity index is 1.76. The van der Waals surface area contributed by atoms with E-state index in [9.17, 15) is 0 Å². The molecule has 0 spiro atoms. The van der Waals surface area contributed by atoms with E-state index in [1.54, 1.807) is 0 Å². The molecule has 0 saturated heterocycles. The lowest BCUT2D eigenvalue weighted by Crippen LogP contribution is -2.14. The maximum absolute atomic E-state index is 6.42. The molecule has 0 saturated carbocycles. The number of hydrogen-bond donors (Lipinski definition) is 0. The topological polar surface area (TPSA) is 0 Å². The highest BCUT2D eigenvalue weighted by molar-refractivity contribution is 6.36. The average molecular weight is 355 g/mol. The van der Waals surface area contributed by atoms with Crippen LogP contribution in [0.4, 0.5) is 0 Å². The predicted molar refractivity (Wildman–Crippen MR) is 112 cm³/mol. The van der Waals surface area contributed by atoms with Gasteiger partial charge in [-0.15, -0.1) is 0 Å². The predicted octanol–water partition coefficient (Wildman–Crippen LogP) is 7.47. The van der Waals surface area contributed by atoms with Gasteiger partial charge in [-0.1, -0.05) is 92.2 Å². The van der Waals surface area contributed by atoms with Gasteiger partial charge in [-0.3, -0.25) is 0 Å². The van der Waals surface area contributed by atoms with Crippen LogP contribution in [-0.2, 0) is 5.41 Å². The van der Waals surface area contributed by atoms with Crippen molar-refractivity contribution in [1.29, 1.82) is 0 Å². The highest BCUT2D eigenvalue weighted by atomic mass is 35.5. The number of fused-ring (bicyclic) bond motifs is 4.